The van der Waals surface area contributed by atoms with Crippen LogP contribution in [0.3, 0.4) is 0 Å². The smallest absolute Gasteiger partial charge is 0.243 e. The molecule has 1 N–H and O–H groups in total. The van der Waals surface area contributed by atoms with E-state index in [0.717, 1.165) is 19.4 Å². The van der Waals surface area contributed by atoms with Gasteiger partial charge in [-0.1, -0.05) is 46.3 Å². The van der Waals surface area contributed by atoms with Crippen molar-refractivity contribution >= 4 is 55.3 Å². The predicted molar refractivity (Wildman–Crippen MR) is 110 cm³/mol. The number of pyridine rings is 1. The van der Waals surface area contributed by atoms with Gasteiger partial charge in [0.15, 0.2) is 0 Å². The van der Waals surface area contributed by atoms with Crippen molar-refractivity contribution in [2.45, 2.75) is 10.1 Å². The van der Waals surface area contributed by atoms with Gasteiger partial charge in [-0.2, -0.15) is 0 Å². The van der Waals surface area contributed by atoms with Gasteiger partial charge in [0.05, 0.1) is 0 Å². The number of hydrogen-bond acceptors (Lipinski definition) is 3. The zero-order chi connectivity index (χ0) is 17.6. The first kappa shape index (κ1) is 18.2. The molecule has 0 aliphatic rings. The second-order valence-corrected chi connectivity index (χ2v) is 8.22. The molecule has 1 aromatic heterocycles. The fourth-order valence-corrected chi connectivity index (χ4v) is 3.71. The first-order valence-corrected chi connectivity index (χ1v) is 9.98. The number of nitrogens with one attached hydrogen (secondary N) is 1. The van der Waals surface area contributed by atoms with Crippen LogP contribution in [0.2, 0.25) is 0 Å². The van der Waals surface area contributed by atoms with E-state index in [4.69, 9.17) is 0 Å². The lowest BCUT2D eigenvalue weighted by Gasteiger charge is -2.17. The van der Waals surface area contributed by atoms with Gasteiger partial charge in [0.2, 0.25) is 5.91 Å². The number of aromatic nitrogens is 1. The summed E-state index contributed by atoms with van der Waals surface area (Å²) in [6.07, 6.45) is 1.66. The van der Waals surface area contributed by atoms with Crippen LogP contribution in [-0.4, -0.2) is 10.9 Å². The molecular formula is C19H14Br2N2OS. The maximum Gasteiger partial charge on any atom is 0.243 e. The van der Waals surface area contributed by atoms with Crippen LogP contribution in [0.5, 0.6) is 0 Å². The average molecular weight is 478 g/mol. The van der Waals surface area contributed by atoms with Crippen LogP contribution in [0.25, 0.3) is 0 Å². The molecule has 0 saturated carbocycles. The molecule has 0 radical (unpaired) electrons. The minimum Gasteiger partial charge on any atom is -0.309 e. The molecule has 0 aliphatic heterocycles. The standard InChI is InChI=1S/C19H14Br2N2OS/c20-14-6-9-16(10-7-14)25-18(13-4-2-1-3-5-13)19(24)23-17-11-8-15(21)12-22-17/h1-12,18H,(H,22,23,24). The summed E-state index contributed by atoms with van der Waals surface area (Å²) in [4.78, 5) is 18.1. The van der Waals surface area contributed by atoms with E-state index in [9.17, 15) is 4.79 Å². The molecule has 1 atom stereocenters. The van der Waals surface area contributed by atoms with Crippen molar-refractivity contribution in [3.05, 3.63) is 87.4 Å². The normalized spacial score (nSPS) is 11.8. The molecule has 0 spiro atoms. The third-order valence-electron chi connectivity index (χ3n) is 3.39. The van der Waals surface area contributed by atoms with Crippen LogP contribution >= 0.6 is 43.6 Å². The Hall–Kier alpha value is -1.63. The van der Waals surface area contributed by atoms with Crippen LogP contribution in [0.15, 0.2) is 86.8 Å². The predicted octanol–water partition coefficient (Wildman–Crippen LogP) is 6.08. The van der Waals surface area contributed by atoms with Crippen molar-refractivity contribution in [3.63, 3.8) is 0 Å². The van der Waals surface area contributed by atoms with Crippen LogP contribution in [-0.2, 0) is 4.79 Å². The van der Waals surface area contributed by atoms with Gasteiger partial charge in [-0.05, 0) is 57.9 Å². The number of rotatable bonds is 5. The van der Waals surface area contributed by atoms with E-state index >= 15 is 0 Å². The number of anilines is 1. The van der Waals surface area contributed by atoms with Crippen molar-refractivity contribution in [2.24, 2.45) is 0 Å². The molecule has 1 unspecified atom stereocenters. The highest BCUT2D eigenvalue weighted by Crippen LogP contribution is 2.36. The molecule has 0 bridgehead atoms. The zero-order valence-electron chi connectivity index (χ0n) is 13.0. The summed E-state index contributed by atoms with van der Waals surface area (Å²) in [6.45, 7) is 0. The lowest BCUT2D eigenvalue weighted by Crippen LogP contribution is -2.19. The number of halogens is 2. The van der Waals surface area contributed by atoms with Crippen LogP contribution in [0.4, 0.5) is 5.82 Å². The van der Waals surface area contributed by atoms with Gasteiger partial charge in [0.25, 0.3) is 0 Å². The van der Waals surface area contributed by atoms with Gasteiger partial charge in [-0.3, -0.25) is 4.79 Å². The van der Waals surface area contributed by atoms with Crippen LogP contribution in [0.1, 0.15) is 10.8 Å². The second-order valence-electron chi connectivity index (χ2n) is 5.21. The Morgan fingerprint density at radius 1 is 0.920 bits per heavy atom. The molecule has 2 aromatic carbocycles. The fourth-order valence-electron chi connectivity index (χ4n) is 2.19. The lowest BCUT2D eigenvalue weighted by molar-refractivity contribution is -0.115. The average Bonchev–Trinajstić information content (AvgIpc) is 2.64. The SMILES string of the molecule is O=C(Nc1ccc(Br)cn1)C(Sc1ccc(Br)cc1)c1ccccc1. The summed E-state index contributed by atoms with van der Waals surface area (Å²) in [5.74, 6) is 0.430. The van der Waals surface area contributed by atoms with Crippen molar-refractivity contribution < 1.29 is 4.79 Å². The fraction of sp³-hybridized carbons (Fsp3) is 0.0526. The van der Waals surface area contributed by atoms with Crippen molar-refractivity contribution in [3.8, 4) is 0 Å². The highest BCUT2D eigenvalue weighted by Gasteiger charge is 2.22. The minimum absolute atomic E-state index is 0.103. The molecule has 0 fully saturated rings. The summed E-state index contributed by atoms with van der Waals surface area (Å²) in [5.41, 5.74) is 0.949. The molecule has 3 rings (SSSR count). The van der Waals surface area contributed by atoms with E-state index in [2.05, 4.69) is 42.2 Å². The van der Waals surface area contributed by atoms with Crippen molar-refractivity contribution in [1.82, 2.24) is 4.98 Å². The minimum atomic E-state index is -0.368. The molecule has 126 valence electrons. The van der Waals surface area contributed by atoms with Gasteiger partial charge in [-0.15, -0.1) is 11.8 Å². The van der Waals surface area contributed by atoms with E-state index in [-0.39, 0.29) is 11.2 Å². The van der Waals surface area contributed by atoms with E-state index < -0.39 is 0 Å². The summed E-state index contributed by atoms with van der Waals surface area (Å²) in [5, 5.41) is 2.53. The highest BCUT2D eigenvalue weighted by molar-refractivity contribution is 9.10. The maximum atomic E-state index is 12.9. The summed E-state index contributed by atoms with van der Waals surface area (Å²) < 4.78 is 1.88. The topological polar surface area (TPSA) is 42.0 Å². The number of hydrogen-bond donors (Lipinski definition) is 1. The number of thioether (sulfide) groups is 1. The molecule has 3 aromatic rings. The van der Waals surface area contributed by atoms with Gasteiger partial charge < -0.3 is 5.32 Å². The van der Waals surface area contributed by atoms with Gasteiger partial charge >= 0.3 is 0 Å². The number of carbonyl (C=O) groups excluding carboxylic acids is 1. The van der Waals surface area contributed by atoms with E-state index in [1.54, 1.807) is 12.3 Å². The monoisotopic (exact) mass is 476 g/mol. The first-order valence-electron chi connectivity index (χ1n) is 7.51. The molecule has 1 amide bonds. The Kier molecular flexibility index (Phi) is 6.29. The molecule has 3 nitrogen and oxygen atoms in total. The molecule has 25 heavy (non-hydrogen) atoms. The number of nitrogens with zero attached hydrogens (tertiary/aromatic N) is 1. The Morgan fingerprint density at radius 3 is 2.24 bits per heavy atom. The second kappa shape index (κ2) is 8.65. The third-order valence-corrected chi connectivity index (χ3v) is 5.65. The molecular weight excluding hydrogens is 464 g/mol. The zero-order valence-corrected chi connectivity index (χ0v) is 17.0. The third kappa shape index (κ3) is 5.17. The summed E-state index contributed by atoms with van der Waals surface area (Å²) in [6, 6.07) is 21.3. The Balaban J connectivity index is 1.83. The molecule has 0 aliphatic carbocycles. The number of carbonyl (C=O) groups is 1. The lowest BCUT2D eigenvalue weighted by atomic mass is 10.1. The number of amides is 1. The van der Waals surface area contributed by atoms with Crippen LogP contribution < -0.4 is 5.32 Å². The van der Waals surface area contributed by atoms with Gasteiger partial charge in [0, 0.05) is 20.0 Å². The first-order chi connectivity index (χ1) is 12.1. The van der Waals surface area contributed by atoms with E-state index in [0.29, 0.717) is 5.82 Å². The summed E-state index contributed by atoms with van der Waals surface area (Å²) in [7, 11) is 0. The highest BCUT2D eigenvalue weighted by atomic mass is 79.9. The van der Waals surface area contributed by atoms with Crippen molar-refractivity contribution in [2.75, 3.05) is 5.32 Å². The summed E-state index contributed by atoms with van der Waals surface area (Å²) >= 11 is 8.29. The Morgan fingerprint density at radius 2 is 1.60 bits per heavy atom. The Labute approximate surface area is 167 Å². The molecule has 0 saturated heterocycles. The quantitative estimate of drug-likeness (QED) is 0.453. The maximum absolute atomic E-state index is 12.9. The van der Waals surface area contributed by atoms with Crippen LogP contribution in [0, 0.1) is 0 Å². The van der Waals surface area contributed by atoms with E-state index in [1.807, 2.05) is 60.7 Å². The van der Waals surface area contributed by atoms with Crippen molar-refractivity contribution in [1.29, 1.82) is 0 Å². The number of benzene rings is 2. The van der Waals surface area contributed by atoms with Gasteiger partial charge in [-0.25, -0.2) is 4.98 Å². The Bertz CT molecular complexity index is 840. The van der Waals surface area contributed by atoms with Gasteiger partial charge in [0.1, 0.15) is 11.1 Å². The largest absolute Gasteiger partial charge is 0.309 e. The molecule has 1 heterocycles. The van der Waals surface area contributed by atoms with E-state index in [1.165, 1.54) is 11.8 Å². The molecule has 6 heteroatoms.